The summed E-state index contributed by atoms with van der Waals surface area (Å²) in [5, 5.41) is 9.41. The highest BCUT2D eigenvalue weighted by Gasteiger charge is 2.35. The van der Waals surface area contributed by atoms with E-state index in [0.29, 0.717) is 17.1 Å². The predicted molar refractivity (Wildman–Crippen MR) is 112 cm³/mol. The molecule has 0 aliphatic carbocycles. The quantitative estimate of drug-likeness (QED) is 0.512. The van der Waals surface area contributed by atoms with Gasteiger partial charge in [0.25, 0.3) is 5.91 Å². The summed E-state index contributed by atoms with van der Waals surface area (Å²) >= 11 is 0. The van der Waals surface area contributed by atoms with Crippen molar-refractivity contribution in [2.24, 2.45) is 7.05 Å². The van der Waals surface area contributed by atoms with E-state index in [1.54, 1.807) is 22.6 Å². The molecule has 1 aliphatic rings. The molecule has 4 heterocycles. The van der Waals surface area contributed by atoms with Gasteiger partial charge in [0.2, 0.25) is 0 Å². The van der Waals surface area contributed by atoms with Crippen LogP contribution in [-0.2, 0) is 13.2 Å². The fourth-order valence-corrected chi connectivity index (χ4v) is 4.04. The van der Waals surface area contributed by atoms with Crippen LogP contribution in [0.3, 0.4) is 0 Å². The SMILES string of the molecule is C[C@H]1CN(c2ccc(C(F)(F)F)cn2)C(=O)c2c(-c3ccc4c(N)nn(C)c4c3)cnn21. The molecule has 1 aromatic carbocycles. The Balaban J connectivity index is 1.57. The number of anilines is 2. The van der Waals surface area contributed by atoms with Crippen LogP contribution < -0.4 is 10.6 Å². The Labute approximate surface area is 180 Å². The van der Waals surface area contributed by atoms with Crippen LogP contribution in [0, 0.1) is 0 Å². The number of nitrogens with zero attached hydrogens (tertiary/aromatic N) is 6. The molecule has 32 heavy (non-hydrogen) atoms. The Bertz CT molecular complexity index is 1350. The molecule has 2 N–H and O–H groups in total. The van der Waals surface area contributed by atoms with Crippen molar-refractivity contribution in [3.8, 4) is 11.1 Å². The number of aromatic nitrogens is 5. The molecule has 11 heteroatoms. The lowest BCUT2D eigenvalue weighted by Crippen LogP contribution is -2.43. The van der Waals surface area contributed by atoms with E-state index in [4.69, 9.17) is 5.73 Å². The van der Waals surface area contributed by atoms with Crippen molar-refractivity contribution < 1.29 is 18.0 Å². The average molecular weight is 441 g/mol. The molecule has 0 saturated carbocycles. The second kappa shape index (κ2) is 6.81. The molecule has 3 aromatic heterocycles. The third kappa shape index (κ3) is 3.00. The Morgan fingerprint density at radius 1 is 1.16 bits per heavy atom. The van der Waals surface area contributed by atoms with Crippen molar-refractivity contribution in [3.63, 3.8) is 0 Å². The fraction of sp³-hybridized carbons (Fsp3) is 0.238. The maximum Gasteiger partial charge on any atom is 0.417 e. The Morgan fingerprint density at radius 3 is 2.62 bits per heavy atom. The van der Waals surface area contributed by atoms with Crippen molar-refractivity contribution in [2.45, 2.75) is 19.1 Å². The number of carbonyl (C=O) groups excluding carboxylic acids is 1. The van der Waals surface area contributed by atoms with Crippen molar-refractivity contribution in [3.05, 3.63) is 54.0 Å². The first-order valence-electron chi connectivity index (χ1n) is 9.80. The predicted octanol–water partition coefficient (Wildman–Crippen LogP) is 3.65. The smallest absolute Gasteiger partial charge is 0.382 e. The van der Waals surface area contributed by atoms with Gasteiger partial charge >= 0.3 is 6.18 Å². The third-order valence-corrected chi connectivity index (χ3v) is 5.65. The van der Waals surface area contributed by atoms with Gasteiger partial charge in [-0.2, -0.15) is 23.4 Å². The number of rotatable bonds is 2. The summed E-state index contributed by atoms with van der Waals surface area (Å²) in [5.74, 6) is 0.186. The van der Waals surface area contributed by atoms with E-state index in [0.717, 1.165) is 28.7 Å². The lowest BCUT2D eigenvalue weighted by atomic mass is 10.0. The first kappa shape index (κ1) is 20.0. The van der Waals surface area contributed by atoms with Crippen LogP contribution in [0.1, 0.15) is 29.0 Å². The number of alkyl halides is 3. The fourth-order valence-electron chi connectivity index (χ4n) is 4.04. The van der Waals surface area contributed by atoms with Crippen molar-refractivity contribution in [2.75, 3.05) is 17.2 Å². The number of carbonyl (C=O) groups is 1. The molecule has 4 aromatic rings. The van der Waals surface area contributed by atoms with E-state index < -0.39 is 11.7 Å². The zero-order valence-corrected chi connectivity index (χ0v) is 17.1. The number of pyridine rings is 1. The molecule has 164 valence electrons. The van der Waals surface area contributed by atoms with Gasteiger partial charge in [0.15, 0.2) is 5.82 Å². The number of nitrogens with two attached hydrogens (primary N) is 1. The van der Waals surface area contributed by atoms with E-state index >= 15 is 0 Å². The largest absolute Gasteiger partial charge is 0.417 e. The summed E-state index contributed by atoms with van der Waals surface area (Å²) in [6.07, 6.45) is -2.14. The van der Waals surface area contributed by atoms with Crippen molar-refractivity contribution in [1.82, 2.24) is 24.5 Å². The summed E-state index contributed by atoms with van der Waals surface area (Å²) in [4.78, 5) is 18.7. The molecule has 1 aliphatic heterocycles. The van der Waals surface area contributed by atoms with E-state index in [-0.39, 0.29) is 24.3 Å². The molecule has 0 radical (unpaired) electrons. The van der Waals surface area contributed by atoms with Crippen LogP contribution >= 0.6 is 0 Å². The van der Waals surface area contributed by atoms with E-state index in [1.807, 2.05) is 25.1 Å². The molecular formula is C21H18F3N7O. The van der Waals surface area contributed by atoms with Gasteiger partial charge in [-0.25, -0.2) is 4.98 Å². The van der Waals surface area contributed by atoms with E-state index in [9.17, 15) is 18.0 Å². The molecule has 0 fully saturated rings. The van der Waals surface area contributed by atoms with Crippen molar-refractivity contribution >= 4 is 28.4 Å². The molecule has 1 atom stereocenters. The topological polar surface area (TPSA) is 94.9 Å². The number of fused-ring (bicyclic) bond motifs is 2. The molecule has 5 rings (SSSR count). The minimum Gasteiger partial charge on any atom is -0.382 e. The third-order valence-electron chi connectivity index (χ3n) is 5.65. The maximum atomic E-state index is 13.4. The number of amides is 1. The lowest BCUT2D eigenvalue weighted by molar-refractivity contribution is -0.137. The normalized spacial score (nSPS) is 16.6. The van der Waals surface area contributed by atoms with Gasteiger partial charge in [-0.3, -0.25) is 19.1 Å². The second-order valence-corrected chi connectivity index (χ2v) is 7.76. The van der Waals surface area contributed by atoms with Gasteiger partial charge in [-0.1, -0.05) is 6.07 Å². The standard InChI is InChI=1S/C21H18F3N7O/c1-11-10-30(17-6-4-13(8-26-17)21(22,23)24)20(32)18-15(9-27-31(11)18)12-3-5-14-16(7-12)29(2)28-19(14)25/h3-9,11H,10H2,1-2H3,(H2,25,28)/t11-/m0/s1. The van der Waals surface area contributed by atoms with Gasteiger partial charge in [0, 0.05) is 30.7 Å². The average Bonchev–Trinajstić information content (AvgIpc) is 3.32. The number of halogens is 3. The molecular weight excluding hydrogens is 423 g/mol. The Kier molecular flexibility index (Phi) is 4.26. The minimum atomic E-state index is -4.50. The molecule has 8 nitrogen and oxygen atoms in total. The summed E-state index contributed by atoms with van der Waals surface area (Å²) in [6, 6.07) is 7.49. The van der Waals surface area contributed by atoms with Crippen LogP contribution in [0.15, 0.2) is 42.7 Å². The highest BCUT2D eigenvalue weighted by atomic mass is 19.4. The maximum absolute atomic E-state index is 13.4. The minimum absolute atomic E-state index is 0.156. The number of nitrogen functional groups attached to an aromatic ring is 1. The number of benzene rings is 1. The van der Waals surface area contributed by atoms with Gasteiger partial charge in [0.05, 0.1) is 23.3 Å². The van der Waals surface area contributed by atoms with Gasteiger partial charge in [0.1, 0.15) is 11.5 Å². The van der Waals surface area contributed by atoms with Crippen LogP contribution in [0.5, 0.6) is 0 Å². The second-order valence-electron chi connectivity index (χ2n) is 7.76. The molecule has 0 saturated heterocycles. The van der Waals surface area contributed by atoms with Crippen LogP contribution in [0.2, 0.25) is 0 Å². The van der Waals surface area contributed by atoms with Crippen LogP contribution in [0.4, 0.5) is 24.8 Å². The monoisotopic (exact) mass is 441 g/mol. The van der Waals surface area contributed by atoms with Gasteiger partial charge < -0.3 is 5.73 Å². The van der Waals surface area contributed by atoms with E-state index in [2.05, 4.69) is 15.2 Å². The van der Waals surface area contributed by atoms with E-state index in [1.165, 1.54) is 11.0 Å². The summed E-state index contributed by atoms with van der Waals surface area (Å²) in [6.45, 7) is 2.12. The summed E-state index contributed by atoms with van der Waals surface area (Å²) in [5.41, 5.74) is 7.58. The Hall–Kier alpha value is -3.89. The van der Waals surface area contributed by atoms with Crippen LogP contribution in [0.25, 0.3) is 22.0 Å². The highest BCUT2D eigenvalue weighted by Crippen LogP contribution is 2.35. The first-order valence-corrected chi connectivity index (χ1v) is 9.80. The zero-order chi connectivity index (χ0) is 22.8. The summed E-state index contributed by atoms with van der Waals surface area (Å²) < 4.78 is 42.0. The molecule has 1 amide bonds. The number of hydrogen-bond acceptors (Lipinski definition) is 5. The van der Waals surface area contributed by atoms with Crippen LogP contribution in [-0.4, -0.2) is 37.0 Å². The number of hydrogen-bond donors (Lipinski definition) is 1. The van der Waals surface area contributed by atoms with Gasteiger partial charge in [-0.15, -0.1) is 0 Å². The van der Waals surface area contributed by atoms with Gasteiger partial charge in [-0.05, 0) is 36.8 Å². The molecule has 0 bridgehead atoms. The zero-order valence-electron chi connectivity index (χ0n) is 17.1. The highest BCUT2D eigenvalue weighted by molar-refractivity contribution is 6.09. The Morgan fingerprint density at radius 2 is 1.94 bits per heavy atom. The number of aryl methyl sites for hydroxylation is 1. The first-order chi connectivity index (χ1) is 15.1. The van der Waals surface area contributed by atoms with Crippen molar-refractivity contribution in [1.29, 1.82) is 0 Å². The molecule has 0 unspecified atom stereocenters. The lowest BCUT2D eigenvalue weighted by Gasteiger charge is -2.31. The summed E-state index contributed by atoms with van der Waals surface area (Å²) in [7, 11) is 1.78. The molecule has 0 spiro atoms.